The van der Waals surface area contributed by atoms with Gasteiger partial charge in [-0.3, -0.25) is 9.69 Å². The molecular formula is C12H23N3O. The first-order valence-corrected chi connectivity index (χ1v) is 6.38. The Labute approximate surface area is 97.8 Å². The number of rotatable bonds is 2. The number of carbonyl (C=O) groups excluding carboxylic acids is 1. The zero-order valence-electron chi connectivity index (χ0n) is 10.3. The topological polar surface area (TPSA) is 44.4 Å². The van der Waals surface area contributed by atoms with Crippen molar-refractivity contribution in [2.75, 3.05) is 26.2 Å². The van der Waals surface area contributed by atoms with Gasteiger partial charge < -0.3 is 10.6 Å². The first-order chi connectivity index (χ1) is 7.66. The predicted octanol–water partition coefficient (Wildman–Crippen LogP) is 0.195. The molecule has 0 aromatic carbocycles. The van der Waals surface area contributed by atoms with Gasteiger partial charge in [-0.1, -0.05) is 6.92 Å². The van der Waals surface area contributed by atoms with Gasteiger partial charge in [-0.05, 0) is 31.8 Å². The highest BCUT2D eigenvalue weighted by molar-refractivity contribution is 5.73. The smallest absolute Gasteiger partial charge is 0.217 e. The second kappa shape index (κ2) is 5.15. The molecule has 2 fully saturated rings. The Bertz CT molecular complexity index is 257. The number of likely N-dealkylation sites (tertiary alicyclic amines) is 1. The highest BCUT2D eigenvalue weighted by atomic mass is 16.1. The van der Waals surface area contributed by atoms with Crippen LogP contribution in [-0.4, -0.2) is 49.1 Å². The normalized spacial score (nSPS) is 36.2. The molecule has 4 nitrogen and oxygen atoms in total. The van der Waals surface area contributed by atoms with Gasteiger partial charge in [0.2, 0.25) is 5.91 Å². The van der Waals surface area contributed by atoms with Crippen LogP contribution in [0.3, 0.4) is 0 Å². The van der Waals surface area contributed by atoms with Gasteiger partial charge in [-0.2, -0.15) is 0 Å². The highest BCUT2D eigenvalue weighted by Gasteiger charge is 2.32. The van der Waals surface area contributed by atoms with E-state index in [1.54, 1.807) is 6.92 Å². The van der Waals surface area contributed by atoms with E-state index in [0.29, 0.717) is 12.1 Å². The molecule has 0 spiro atoms. The van der Waals surface area contributed by atoms with Gasteiger partial charge in [0.1, 0.15) is 0 Å². The quantitative estimate of drug-likeness (QED) is 0.705. The van der Waals surface area contributed by atoms with E-state index in [1.807, 2.05) is 0 Å². The van der Waals surface area contributed by atoms with Crippen LogP contribution in [0, 0.1) is 5.92 Å². The van der Waals surface area contributed by atoms with Crippen LogP contribution >= 0.6 is 0 Å². The number of hydrogen-bond acceptors (Lipinski definition) is 3. The second-order valence-corrected chi connectivity index (χ2v) is 5.22. The fourth-order valence-electron chi connectivity index (χ4n) is 3.04. The maximum absolute atomic E-state index is 11.0. The number of piperidine rings is 1. The third-order valence-electron chi connectivity index (χ3n) is 3.84. The Hall–Kier alpha value is -0.610. The predicted molar refractivity (Wildman–Crippen MR) is 64.2 cm³/mol. The summed E-state index contributed by atoms with van der Waals surface area (Å²) in [6, 6.07) is 1.08. The standard InChI is InChI=1S/C12H23N3O/c1-9-7-13-5-3-12(9)15-6-4-11(8-15)14-10(2)16/h9,11-13H,3-8H2,1-2H3,(H,14,16). The van der Waals surface area contributed by atoms with Crippen molar-refractivity contribution in [3.8, 4) is 0 Å². The van der Waals surface area contributed by atoms with E-state index in [9.17, 15) is 4.79 Å². The molecule has 2 aliphatic rings. The van der Waals surface area contributed by atoms with Crippen LogP contribution in [0.1, 0.15) is 26.7 Å². The third-order valence-corrected chi connectivity index (χ3v) is 3.84. The van der Waals surface area contributed by atoms with Crippen molar-refractivity contribution in [2.45, 2.75) is 38.8 Å². The van der Waals surface area contributed by atoms with Gasteiger partial charge in [0.25, 0.3) is 0 Å². The SMILES string of the molecule is CC(=O)NC1CCN(C2CCNCC2C)C1. The summed E-state index contributed by atoms with van der Waals surface area (Å²) in [7, 11) is 0. The van der Waals surface area contributed by atoms with Crippen molar-refractivity contribution >= 4 is 5.91 Å². The largest absolute Gasteiger partial charge is 0.352 e. The molecule has 1 amide bonds. The summed E-state index contributed by atoms with van der Waals surface area (Å²) in [5, 5.41) is 6.46. The van der Waals surface area contributed by atoms with Gasteiger partial charge in [0.05, 0.1) is 0 Å². The first-order valence-electron chi connectivity index (χ1n) is 6.38. The van der Waals surface area contributed by atoms with Gasteiger partial charge in [0, 0.05) is 32.1 Å². The van der Waals surface area contributed by atoms with Gasteiger partial charge in [-0.15, -0.1) is 0 Å². The zero-order valence-corrected chi connectivity index (χ0v) is 10.3. The monoisotopic (exact) mass is 225 g/mol. The van der Waals surface area contributed by atoms with E-state index in [2.05, 4.69) is 22.5 Å². The Morgan fingerprint density at radius 2 is 2.25 bits per heavy atom. The van der Waals surface area contributed by atoms with Gasteiger partial charge in [-0.25, -0.2) is 0 Å². The van der Waals surface area contributed by atoms with Crippen molar-refractivity contribution in [1.29, 1.82) is 0 Å². The van der Waals surface area contributed by atoms with Crippen LogP contribution in [0.25, 0.3) is 0 Å². The summed E-state index contributed by atoms with van der Waals surface area (Å²) in [5.74, 6) is 0.829. The summed E-state index contributed by atoms with van der Waals surface area (Å²) in [5.41, 5.74) is 0. The van der Waals surface area contributed by atoms with E-state index in [4.69, 9.17) is 0 Å². The number of carbonyl (C=O) groups is 1. The summed E-state index contributed by atoms with van der Waals surface area (Å²) in [6.45, 7) is 8.37. The van der Waals surface area contributed by atoms with Crippen LogP contribution < -0.4 is 10.6 Å². The van der Waals surface area contributed by atoms with E-state index in [0.717, 1.165) is 38.5 Å². The van der Waals surface area contributed by atoms with E-state index < -0.39 is 0 Å². The molecule has 2 rings (SSSR count). The summed E-state index contributed by atoms with van der Waals surface area (Å²) in [6.07, 6.45) is 2.35. The van der Waals surface area contributed by atoms with E-state index in [1.165, 1.54) is 6.42 Å². The van der Waals surface area contributed by atoms with Crippen molar-refractivity contribution in [2.24, 2.45) is 5.92 Å². The van der Waals surface area contributed by atoms with E-state index in [-0.39, 0.29) is 5.91 Å². The molecule has 2 N–H and O–H groups in total. The second-order valence-electron chi connectivity index (χ2n) is 5.22. The lowest BCUT2D eigenvalue weighted by Gasteiger charge is -2.36. The summed E-state index contributed by atoms with van der Waals surface area (Å²) < 4.78 is 0. The third kappa shape index (κ3) is 2.74. The van der Waals surface area contributed by atoms with Crippen LogP contribution in [0.2, 0.25) is 0 Å². The summed E-state index contributed by atoms with van der Waals surface area (Å²) >= 11 is 0. The minimum atomic E-state index is 0.102. The number of hydrogen-bond donors (Lipinski definition) is 2. The Morgan fingerprint density at radius 1 is 1.44 bits per heavy atom. The number of amides is 1. The molecule has 0 saturated carbocycles. The molecule has 2 heterocycles. The molecule has 2 aliphatic heterocycles. The number of nitrogens with one attached hydrogen (secondary N) is 2. The maximum atomic E-state index is 11.0. The molecule has 2 saturated heterocycles. The molecule has 0 aromatic rings. The van der Waals surface area contributed by atoms with E-state index >= 15 is 0 Å². The molecule has 0 aromatic heterocycles. The fourth-order valence-corrected chi connectivity index (χ4v) is 3.04. The maximum Gasteiger partial charge on any atom is 0.217 e. The molecule has 3 unspecified atom stereocenters. The van der Waals surface area contributed by atoms with Crippen LogP contribution in [0.15, 0.2) is 0 Å². The van der Waals surface area contributed by atoms with Crippen molar-refractivity contribution < 1.29 is 4.79 Å². The Morgan fingerprint density at radius 3 is 2.94 bits per heavy atom. The number of nitrogens with zero attached hydrogens (tertiary/aromatic N) is 1. The van der Waals surface area contributed by atoms with Crippen molar-refractivity contribution in [1.82, 2.24) is 15.5 Å². The lowest BCUT2D eigenvalue weighted by atomic mass is 9.94. The van der Waals surface area contributed by atoms with Crippen LogP contribution in [-0.2, 0) is 4.79 Å². The molecule has 4 heteroatoms. The minimum Gasteiger partial charge on any atom is -0.352 e. The van der Waals surface area contributed by atoms with Crippen LogP contribution in [0.4, 0.5) is 0 Å². The summed E-state index contributed by atoms with van der Waals surface area (Å²) in [4.78, 5) is 13.6. The molecule has 0 bridgehead atoms. The van der Waals surface area contributed by atoms with Crippen LogP contribution in [0.5, 0.6) is 0 Å². The lowest BCUT2D eigenvalue weighted by Crippen LogP contribution is -2.48. The zero-order chi connectivity index (χ0) is 11.5. The molecule has 16 heavy (non-hydrogen) atoms. The van der Waals surface area contributed by atoms with Crippen molar-refractivity contribution in [3.05, 3.63) is 0 Å². The van der Waals surface area contributed by atoms with Gasteiger partial charge >= 0.3 is 0 Å². The van der Waals surface area contributed by atoms with Crippen molar-refractivity contribution in [3.63, 3.8) is 0 Å². The van der Waals surface area contributed by atoms with Gasteiger partial charge in [0.15, 0.2) is 0 Å². The fraction of sp³-hybridized carbons (Fsp3) is 0.917. The molecule has 0 radical (unpaired) electrons. The highest BCUT2D eigenvalue weighted by Crippen LogP contribution is 2.22. The molecule has 3 atom stereocenters. The molecule has 0 aliphatic carbocycles. The first kappa shape index (κ1) is 11.9. The Balaban J connectivity index is 1.85. The average Bonchev–Trinajstić information content (AvgIpc) is 2.66. The molecular weight excluding hydrogens is 202 g/mol. The average molecular weight is 225 g/mol. The minimum absolute atomic E-state index is 0.102. The Kier molecular flexibility index (Phi) is 3.82. The lowest BCUT2D eigenvalue weighted by molar-refractivity contribution is -0.119. The molecule has 92 valence electrons.